The van der Waals surface area contributed by atoms with Crippen LogP contribution < -0.4 is 5.32 Å². The van der Waals surface area contributed by atoms with Crippen LogP contribution in [0.2, 0.25) is 0 Å². The number of hydrogen-bond acceptors (Lipinski definition) is 5. The van der Waals surface area contributed by atoms with E-state index in [0.29, 0.717) is 32.4 Å². The Kier molecular flexibility index (Phi) is 5.23. The van der Waals surface area contributed by atoms with Crippen molar-refractivity contribution < 1.29 is 19.0 Å². The summed E-state index contributed by atoms with van der Waals surface area (Å²) in [4.78, 5) is 13.7. The molecule has 0 aliphatic carbocycles. The molecule has 6 nitrogen and oxygen atoms in total. The Morgan fingerprint density at radius 1 is 1.40 bits per heavy atom. The van der Waals surface area contributed by atoms with Gasteiger partial charge in [0.15, 0.2) is 0 Å². The lowest BCUT2D eigenvalue weighted by atomic mass is 10.2. The minimum Gasteiger partial charge on any atom is -0.444 e. The van der Waals surface area contributed by atoms with E-state index in [1.165, 1.54) is 0 Å². The Balaban J connectivity index is 1.68. The zero-order valence-electron chi connectivity index (χ0n) is 12.7. The van der Waals surface area contributed by atoms with Crippen molar-refractivity contribution in [3.8, 4) is 0 Å². The maximum Gasteiger partial charge on any atom is 0.410 e. The first kappa shape index (κ1) is 15.5. The van der Waals surface area contributed by atoms with Gasteiger partial charge in [-0.1, -0.05) is 0 Å². The largest absolute Gasteiger partial charge is 0.444 e. The average Bonchev–Trinajstić information content (AvgIpc) is 2.84. The Labute approximate surface area is 120 Å². The van der Waals surface area contributed by atoms with E-state index in [9.17, 15) is 4.79 Å². The third-order valence-electron chi connectivity index (χ3n) is 3.36. The molecule has 0 bridgehead atoms. The monoisotopic (exact) mass is 286 g/mol. The van der Waals surface area contributed by atoms with Gasteiger partial charge in [0.2, 0.25) is 0 Å². The third-order valence-corrected chi connectivity index (χ3v) is 3.36. The van der Waals surface area contributed by atoms with Crippen LogP contribution in [0, 0.1) is 0 Å². The van der Waals surface area contributed by atoms with Gasteiger partial charge in [-0.3, -0.25) is 0 Å². The van der Waals surface area contributed by atoms with Crippen molar-refractivity contribution in [1.29, 1.82) is 0 Å². The maximum absolute atomic E-state index is 11.9. The van der Waals surface area contributed by atoms with E-state index < -0.39 is 5.60 Å². The number of carbonyl (C=O) groups excluding carboxylic acids is 1. The molecular weight excluding hydrogens is 260 g/mol. The number of ether oxygens (including phenoxy) is 3. The lowest BCUT2D eigenvalue weighted by Gasteiger charge is -2.26. The van der Waals surface area contributed by atoms with Crippen molar-refractivity contribution in [3.05, 3.63) is 0 Å². The summed E-state index contributed by atoms with van der Waals surface area (Å²) in [6.45, 7) is 9.87. The molecule has 0 spiro atoms. The highest BCUT2D eigenvalue weighted by Crippen LogP contribution is 2.15. The van der Waals surface area contributed by atoms with Gasteiger partial charge in [-0.25, -0.2) is 4.79 Å². The topological polar surface area (TPSA) is 60.0 Å². The van der Waals surface area contributed by atoms with Gasteiger partial charge in [-0.05, 0) is 27.2 Å². The summed E-state index contributed by atoms with van der Waals surface area (Å²) in [5.41, 5.74) is -0.435. The molecular formula is C14H26N2O4. The van der Waals surface area contributed by atoms with Crippen LogP contribution in [-0.2, 0) is 14.2 Å². The summed E-state index contributed by atoms with van der Waals surface area (Å²) < 4.78 is 16.3. The average molecular weight is 286 g/mol. The summed E-state index contributed by atoms with van der Waals surface area (Å²) in [7, 11) is 0. The molecule has 2 unspecified atom stereocenters. The van der Waals surface area contributed by atoms with Crippen molar-refractivity contribution >= 4 is 6.09 Å². The number of nitrogens with one attached hydrogen (secondary N) is 1. The van der Waals surface area contributed by atoms with E-state index in [4.69, 9.17) is 14.2 Å². The second-order valence-electron chi connectivity index (χ2n) is 6.39. The molecule has 2 atom stereocenters. The van der Waals surface area contributed by atoms with Crippen molar-refractivity contribution in [2.24, 2.45) is 0 Å². The number of hydrogen-bond donors (Lipinski definition) is 1. The van der Waals surface area contributed by atoms with Crippen LogP contribution in [0.4, 0.5) is 4.79 Å². The highest BCUT2D eigenvalue weighted by molar-refractivity contribution is 5.68. The van der Waals surface area contributed by atoms with Crippen molar-refractivity contribution in [2.75, 3.05) is 39.5 Å². The first-order chi connectivity index (χ1) is 9.44. The van der Waals surface area contributed by atoms with Gasteiger partial charge in [-0.15, -0.1) is 0 Å². The number of amides is 1. The molecule has 0 saturated carbocycles. The first-order valence-corrected chi connectivity index (χ1v) is 7.35. The second-order valence-corrected chi connectivity index (χ2v) is 6.39. The highest BCUT2D eigenvalue weighted by Gasteiger charge is 2.30. The lowest BCUT2D eigenvalue weighted by Crippen LogP contribution is -2.43. The lowest BCUT2D eigenvalue weighted by molar-refractivity contribution is -0.0869. The van der Waals surface area contributed by atoms with E-state index in [0.717, 1.165) is 19.5 Å². The predicted octanol–water partition coefficient (Wildman–Crippen LogP) is 1.00. The zero-order chi connectivity index (χ0) is 14.6. The van der Waals surface area contributed by atoms with Gasteiger partial charge in [0.25, 0.3) is 0 Å². The highest BCUT2D eigenvalue weighted by atomic mass is 16.6. The molecule has 2 fully saturated rings. The SMILES string of the molecule is CC(C)(C)OC(=O)N1CCC(NCC2COCCO2)C1. The van der Waals surface area contributed by atoms with Crippen LogP contribution in [0.1, 0.15) is 27.2 Å². The summed E-state index contributed by atoms with van der Waals surface area (Å²) in [6.07, 6.45) is 0.852. The first-order valence-electron chi connectivity index (χ1n) is 7.35. The number of likely N-dealkylation sites (tertiary alicyclic amines) is 1. The Hall–Kier alpha value is -0.850. The molecule has 0 aromatic heterocycles. The summed E-state index contributed by atoms with van der Waals surface area (Å²) in [5.74, 6) is 0. The maximum atomic E-state index is 11.9. The molecule has 116 valence electrons. The molecule has 2 rings (SSSR count). The summed E-state index contributed by atoms with van der Waals surface area (Å²) >= 11 is 0. The summed E-state index contributed by atoms with van der Waals surface area (Å²) in [6, 6.07) is 0.313. The minimum absolute atomic E-state index is 0.124. The molecule has 1 amide bonds. The number of rotatable bonds is 3. The number of carbonyl (C=O) groups is 1. The minimum atomic E-state index is -0.435. The molecule has 0 aromatic carbocycles. The van der Waals surface area contributed by atoms with E-state index in [-0.39, 0.29) is 12.2 Å². The van der Waals surface area contributed by atoms with E-state index in [1.54, 1.807) is 4.90 Å². The van der Waals surface area contributed by atoms with Crippen LogP contribution in [0.5, 0.6) is 0 Å². The van der Waals surface area contributed by atoms with Gasteiger partial charge in [0.1, 0.15) is 5.60 Å². The van der Waals surface area contributed by atoms with Gasteiger partial charge in [0.05, 0.1) is 25.9 Å². The fourth-order valence-electron chi connectivity index (χ4n) is 2.37. The van der Waals surface area contributed by atoms with Crippen LogP contribution in [0.3, 0.4) is 0 Å². The van der Waals surface area contributed by atoms with Gasteiger partial charge >= 0.3 is 6.09 Å². The fourth-order valence-corrected chi connectivity index (χ4v) is 2.37. The normalized spacial score (nSPS) is 27.6. The molecule has 1 N–H and O–H groups in total. The predicted molar refractivity (Wildman–Crippen MR) is 74.8 cm³/mol. The molecule has 20 heavy (non-hydrogen) atoms. The van der Waals surface area contributed by atoms with Gasteiger partial charge < -0.3 is 24.4 Å². The van der Waals surface area contributed by atoms with E-state index >= 15 is 0 Å². The molecule has 2 aliphatic heterocycles. The van der Waals surface area contributed by atoms with E-state index in [2.05, 4.69) is 5.32 Å². The molecule has 0 aromatic rings. The third kappa shape index (κ3) is 4.92. The number of nitrogens with zero attached hydrogens (tertiary/aromatic N) is 1. The van der Waals surface area contributed by atoms with Crippen LogP contribution in [-0.4, -0.2) is 68.2 Å². The standard InChI is InChI=1S/C14H26N2O4/c1-14(2,3)20-13(17)16-5-4-11(9-16)15-8-12-10-18-6-7-19-12/h11-12,15H,4-10H2,1-3H3. The summed E-state index contributed by atoms with van der Waals surface area (Å²) in [5, 5.41) is 3.44. The Morgan fingerprint density at radius 3 is 2.85 bits per heavy atom. The molecule has 0 radical (unpaired) electrons. The molecule has 6 heteroatoms. The molecule has 2 heterocycles. The Bertz CT molecular complexity index is 324. The smallest absolute Gasteiger partial charge is 0.410 e. The van der Waals surface area contributed by atoms with Crippen molar-refractivity contribution in [2.45, 2.75) is 44.9 Å². The second kappa shape index (κ2) is 6.74. The quantitative estimate of drug-likeness (QED) is 0.839. The fraction of sp³-hybridized carbons (Fsp3) is 0.929. The van der Waals surface area contributed by atoms with Crippen molar-refractivity contribution in [3.63, 3.8) is 0 Å². The van der Waals surface area contributed by atoms with E-state index in [1.807, 2.05) is 20.8 Å². The van der Waals surface area contributed by atoms with Crippen LogP contribution in [0.15, 0.2) is 0 Å². The van der Waals surface area contributed by atoms with Crippen LogP contribution >= 0.6 is 0 Å². The molecule has 2 saturated heterocycles. The molecule has 2 aliphatic rings. The Morgan fingerprint density at radius 2 is 2.20 bits per heavy atom. The van der Waals surface area contributed by atoms with Crippen molar-refractivity contribution in [1.82, 2.24) is 10.2 Å². The van der Waals surface area contributed by atoms with Gasteiger partial charge in [0, 0.05) is 25.7 Å². The van der Waals surface area contributed by atoms with Crippen LogP contribution in [0.25, 0.3) is 0 Å². The van der Waals surface area contributed by atoms with Gasteiger partial charge in [-0.2, -0.15) is 0 Å². The zero-order valence-corrected chi connectivity index (χ0v) is 12.7.